The number of aliphatic hydroxyl groups excluding tert-OH is 2. The monoisotopic (exact) mass is 345 g/mol. The Morgan fingerprint density at radius 1 is 0.920 bits per heavy atom. The number of hydrogen-bond donors (Lipinski definition) is 3. The molecule has 2 aromatic carbocycles. The van der Waals surface area contributed by atoms with Crippen molar-refractivity contribution >= 4 is 0 Å². The molecule has 0 aliphatic rings. The standard InChI is InChI=1S/C20H29N2O3/c1-22(2,15-19(24)16-25-20-11-7-4-8-12-20)21-14-18(23)13-17-9-5-3-6-10-17/h3-12,18-19,21,23-24H,13-16H2,1-2H3/q+1. The maximum Gasteiger partial charge on any atom is 0.138 e. The zero-order valence-electron chi connectivity index (χ0n) is 15.0. The van der Waals surface area contributed by atoms with Crippen LogP contribution in [0.1, 0.15) is 5.56 Å². The van der Waals surface area contributed by atoms with E-state index in [1.165, 1.54) is 0 Å². The zero-order chi connectivity index (χ0) is 18.1. The molecule has 0 amide bonds. The smallest absolute Gasteiger partial charge is 0.138 e. The topological polar surface area (TPSA) is 61.7 Å². The van der Waals surface area contributed by atoms with Crippen LogP contribution in [0, 0.1) is 0 Å². The number of aliphatic hydroxyl groups is 2. The molecular formula is C20H29N2O3+. The molecule has 0 radical (unpaired) electrons. The first-order valence-corrected chi connectivity index (χ1v) is 8.60. The van der Waals surface area contributed by atoms with Gasteiger partial charge >= 0.3 is 0 Å². The van der Waals surface area contributed by atoms with Gasteiger partial charge in [0, 0.05) is 0 Å². The van der Waals surface area contributed by atoms with Crippen molar-refractivity contribution in [2.24, 2.45) is 0 Å². The second kappa shape index (κ2) is 9.53. The van der Waals surface area contributed by atoms with Crippen molar-refractivity contribution in [3.05, 3.63) is 66.2 Å². The molecular weight excluding hydrogens is 316 g/mol. The summed E-state index contributed by atoms with van der Waals surface area (Å²) in [7, 11) is 3.92. The number of ether oxygens (including phenoxy) is 1. The molecule has 5 nitrogen and oxygen atoms in total. The van der Waals surface area contributed by atoms with Crippen LogP contribution < -0.4 is 10.2 Å². The van der Waals surface area contributed by atoms with Crippen molar-refractivity contribution in [1.82, 2.24) is 5.43 Å². The first kappa shape index (κ1) is 19.4. The fourth-order valence-electron chi connectivity index (χ4n) is 2.66. The van der Waals surface area contributed by atoms with Crippen molar-refractivity contribution < 1.29 is 19.5 Å². The Morgan fingerprint density at radius 3 is 2.16 bits per heavy atom. The van der Waals surface area contributed by atoms with Crippen LogP contribution in [0.3, 0.4) is 0 Å². The molecule has 2 atom stereocenters. The van der Waals surface area contributed by atoms with Gasteiger partial charge in [-0.25, -0.2) is 4.59 Å². The molecule has 3 N–H and O–H groups in total. The molecule has 0 aromatic heterocycles. The molecule has 2 unspecified atom stereocenters. The highest BCUT2D eigenvalue weighted by Crippen LogP contribution is 2.09. The minimum Gasteiger partial charge on any atom is -0.491 e. The van der Waals surface area contributed by atoms with Gasteiger partial charge in [0.15, 0.2) is 0 Å². The van der Waals surface area contributed by atoms with Gasteiger partial charge in [-0.15, -0.1) is 0 Å². The highest BCUT2D eigenvalue weighted by Gasteiger charge is 2.22. The lowest BCUT2D eigenvalue weighted by Gasteiger charge is -2.32. The van der Waals surface area contributed by atoms with Gasteiger partial charge in [0.05, 0.1) is 26.7 Å². The van der Waals surface area contributed by atoms with Crippen LogP contribution in [0.15, 0.2) is 60.7 Å². The van der Waals surface area contributed by atoms with Crippen LogP contribution in [0.5, 0.6) is 5.75 Å². The Kier molecular flexibility index (Phi) is 7.40. The number of quaternary nitrogens is 1. The van der Waals surface area contributed by atoms with Gasteiger partial charge in [-0.1, -0.05) is 48.5 Å². The van der Waals surface area contributed by atoms with E-state index in [4.69, 9.17) is 4.74 Å². The fourth-order valence-corrected chi connectivity index (χ4v) is 2.66. The second-order valence-corrected chi connectivity index (χ2v) is 6.85. The quantitative estimate of drug-likeness (QED) is 0.452. The van der Waals surface area contributed by atoms with Crippen LogP contribution >= 0.6 is 0 Å². The number of rotatable bonds is 10. The molecule has 0 saturated heterocycles. The maximum absolute atomic E-state index is 10.2. The average Bonchev–Trinajstić information content (AvgIpc) is 2.60. The summed E-state index contributed by atoms with van der Waals surface area (Å²) in [6, 6.07) is 19.4. The predicted octanol–water partition coefficient (Wildman–Crippen LogP) is 1.61. The lowest BCUT2D eigenvalue weighted by molar-refractivity contribution is -0.937. The van der Waals surface area contributed by atoms with Gasteiger partial charge in [-0.05, 0) is 24.1 Å². The lowest BCUT2D eigenvalue weighted by Crippen LogP contribution is -2.57. The summed E-state index contributed by atoms with van der Waals surface area (Å²) in [5.74, 6) is 0.748. The van der Waals surface area contributed by atoms with Crippen LogP contribution in [0.25, 0.3) is 0 Å². The van der Waals surface area contributed by atoms with Crippen molar-refractivity contribution in [3.63, 3.8) is 0 Å². The summed E-state index contributed by atoms with van der Waals surface area (Å²) >= 11 is 0. The maximum atomic E-state index is 10.2. The Labute approximate surface area is 150 Å². The van der Waals surface area contributed by atoms with Crippen molar-refractivity contribution in [2.45, 2.75) is 18.6 Å². The summed E-state index contributed by atoms with van der Waals surface area (Å²) < 4.78 is 5.98. The number of nitrogens with zero attached hydrogens (tertiary/aromatic N) is 1. The number of benzene rings is 2. The molecule has 0 bridgehead atoms. The minimum absolute atomic E-state index is 0.236. The van der Waals surface area contributed by atoms with E-state index in [1.54, 1.807) is 0 Å². The fraction of sp³-hybridized carbons (Fsp3) is 0.400. The third-order valence-corrected chi connectivity index (χ3v) is 3.92. The third kappa shape index (κ3) is 7.67. The first-order valence-electron chi connectivity index (χ1n) is 8.60. The number of likely N-dealkylation sites (N-methyl/N-ethyl adjacent to an activating group) is 1. The minimum atomic E-state index is -0.603. The zero-order valence-corrected chi connectivity index (χ0v) is 15.0. The Balaban J connectivity index is 1.70. The summed E-state index contributed by atoms with van der Waals surface area (Å²) in [5, 5.41) is 20.4. The molecule has 136 valence electrons. The van der Waals surface area contributed by atoms with Crippen molar-refractivity contribution in [2.75, 3.05) is 33.8 Å². The van der Waals surface area contributed by atoms with Crippen molar-refractivity contribution in [3.8, 4) is 5.75 Å². The molecule has 0 aliphatic carbocycles. The molecule has 0 heterocycles. The summed E-state index contributed by atoms with van der Waals surface area (Å²) in [6.07, 6.45) is -0.473. The summed E-state index contributed by atoms with van der Waals surface area (Å²) in [4.78, 5) is 0. The molecule has 25 heavy (non-hydrogen) atoms. The van der Waals surface area contributed by atoms with E-state index < -0.39 is 12.2 Å². The summed E-state index contributed by atoms with van der Waals surface area (Å²) in [6.45, 7) is 1.17. The van der Waals surface area contributed by atoms with E-state index in [0.29, 0.717) is 24.1 Å². The van der Waals surface area contributed by atoms with E-state index in [1.807, 2.05) is 74.8 Å². The van der Waals surface area contributed by atoms with Gasteiger partial charge in [0.1, 0.15) is 25.0 Å². The Hall–Kier alpha value is -1.92. The molecule has 2 rings (SSSR count). The highest BCUT2D eigenvalue weighted by atomic mass is 16.5. The lowest BCUT2D eigenvalue weighted by atomic mass is 10.1. The van der Waals surface area contributed by atoms with Gasteiger partial charge < -0.3 is 14.9 Å². The Morgan fingerprint density at radius 2 is 1.52 bits per heavy atom. The second-order valence-electron chi connectivity index (χ2n) is 6.85. The van der Waals surface area contributed by atoms with Gasteiger partial charge in [0.2, 0.25) is 0 Å². The first-order chi connectivity index (χ1) is 11.9. The number of para-hydroxylation sites is 1. The summed E-state index contributed by atoms with van der Waals surface area (Å²) in [5.41, 5.74) is 4.39. The van der Waals surface area contributed by atoms with E-state index in [2.05, 4.69) is 5.43 Å². The molecule has 5 heteroatoms. The van der Waals surface area contributed by atoms with E-state index in [-0.39, 0.29) is 6.61 Å². The molecule has 0 aliphatic heterocycles. The van der Waals surface area contributed by atoms with Gasteiger partial charge in [-0.2, -0.15) is 5.43 Å². The van der Waals surface area contributed by atoms with E-state index in [9.17, 15) is 10.2 Å². The average molecular weight is 345 g/mol. The van der Waals surface area contributed by atoms with E-state index >= 15 is 0 Å². The Bertz CT molecular complexity index is 605. The third-order valence-electron chi connectivity index (χ3n) is 3.92. The predicted molar refractivity (Wildman–Crippen MR) is 99.1 cm³/mol. The van der Waals surface area contributed by atoms with Crippen LogP contribution in [-0.4, -0.2) is 60.8 Å². The van der Waals surface area contributed by atoms with Crippen LogP contribution in [0.2, 0.25) is 0 Å². The molecule has 2 aromatic rings. The van der Waals surface area contributed by atoms with E-state index in [0.717, 1.165) is 11.3 Å². The number of nitrogens with one attached hydrogen (secondary N) is 1. The van der Waals surface area contributed by atoms with Gasteiger partial charge in [0.25, 0.3) is 0 Å². The normalized spacial score (nSPS) is 14.1. The molecule has 0 spiro atoms. The SMILES string of the molecule is C[N+](C)(CC(O)COc1ccccc1)NCC(O)Cc1ccccc1. The highest BCUT2D eigenvalue weighted by molar-refractivity contribution is 5.20. The van der Waals surface area contributed by atoms with Gasteiger partial charge in [-0.3, -0.25) is 0 Å². The van der Waals surface area contributed by atoms with Crippen LogP contribution in [-0.2, 0) is 6.42 Å². The number of hydrogen-bond acceptors (Lipinski definition) is 4. The van der Waals surface area contributed by atoms with Crippen LogP contribution in [0.4, 0.5) is 0 Å². The van der Waals surface area contributed by atoms with Crippen molar-refractivity contribution in [1.29, 1.82) is 0 Å². The molecule has 0 fully saturated rings. The molecule has 0 saturated carbocycles. The largest absolute Gasteiger partial charge is 0.491 e.